The van der Waals surface area contributed by atoms with Crippen LogP contribution in [0, 0.1) is 23.6 Å². The number of fused-ring (bicyclic) bond motifs is 2. The molecule has 7 unspecified atom stereocenters. The summed E-state index contributed by atoms with van der Waals surface area (Å²) in [4.78, 5) is 22.2. The van der Waals surface area contributed by atoms with Crippen LogP contribution in [0.3, 0.4) is 0 Å². The van der Waals surface area contributed by atoms with Gasteiger partial charge in [0.15, 0.2) is 0 Å². The average molecular weight is 865 g/mol. The van der Waals surface area contributed by atoms with E-state index in [2.05, 4.69) is 19.2 Å². The Morgan fingerprint density at radius 1 is 0.984 bits per heavy atom. The molecule has 2 aromatic carbocycles. The lowest BCUT2D eigenvalue weighted by Gasteiger charge is -2.59. The van der Waals surface area contributed by atoms with Crippen LogP contribution >= 0.6 is 0 Å². The van der Waals surface area contributed by atoms with E-state index in [9.17, 15) is 24.5 Å². The largest absolute Gasteiger partial charge is 0.489 e. The van der Waals surface area contributed by atoms with Crippen molar-refractivity contribution in [2.45, 2.75) is 101 Å². The van der Waals surface area contributed by atoms with Gasteiger partial charge in [0.2, 0.25) is 12.1 Å². The minimum atomic E-state index is -1.52. The molecule has 0 spiro atoms. The van der Waals surface area contributed by atoms with Gasteiger partial charge in [0.1, 0.15) is 30.0 Å². The maximum Gasteiger partial charge on any atom is 0.410 e. The summed E-state index contributed by atoms with van der Waals surface area (Å²) in [6.07, 6.45) is 12.0. The summed E-state index contributed by atoms with van der Waals surface area (Å²) in [6.45, 7) is 8.76. The number of carbonyl (C=O) groups excluding carboxylic acids is 1. The van der Waals surface area contributed by atoms with Crippen molar-refractivity contribution < 1.29 is 57.8 Å². The molecule has 14 heteroatoms. The Kier molecular flexibility index (Phi) is 18.2. The molecule has 13 nitrogen and oxygen atoms in total. The SMILES string of the molecule is C=CCCOC(=O)N(CCOCCO)C1CC(=NOC2CCCCO2)C2=CC(CCCCO)C(CCCCO)C3c4cc(OCc5ccccc5F)ccc4OC1(OCC=C)C23. The first-order valence-corrected chi connectivity index (χ1v) is 22.3. The van der Waals surface area contributed by atoms with E-state index in [0.29, 0.717) is 55.1 Å². The molecule has 0 bridgehead atoms. The Balaban J connectivity index is 1.55. The van der Waals surface area contributed by atoms with Gasteiger partial charge in [-0.05, 0) is 86.6 Å². The van der Waals surface area contributed by atoms with Gasteiger partial charge in [-0.3, -0.25) is 4.90 Å². The number of hydrogen-bond acceptors (Lipinski definition) is 12. The Morgan fingerprint density at radius 3 is 2.55 bits per heavy atom. The Morgan fingerprint density at radius 2 is 1.81 bits per heavy atom. The molecule has 6 rings (SSSR count). The molecular weight excluding hydrogens is 800 g/mol. The molecule has 2 aliphatic carbocycles. The highest BCUT2D eigenvalue weighted by Gasteiger charge is 2.65. The van der Waals surface area contributed by atoms with E-state index in [1.807, 2.05) is 12.1 Å². The third-order valence-electron chi connectivity index (χ3n) is 12.3. The molecule has 4 aliphatic rings. The van der Waals surface area contributed by atoms with E-state index in [0.717, 1.165) is 49.7 Å². The maximum atomic E-state index is 14.8. The van der Waals surface area contributed by atoms with Gasteiger partial charge in [-0.15, -0.1) is 13.2 Å². The number of halogens is 1. The molecule has 340 valence electrons. The number of oxime groups is 1. The summed E-state index contributed by atoms with van der Waals surface area (Å²) in [7, 11) is 0. The molecule has 1 amide bonds. The molecule has 1 saturated heterocycles. The fourth-order valence-electron chi connectivity index (χ4n) is 9.45. The topological polar surface area (TPSA) is 158 Å². The normalized spacial score (nSPS) is 25.7. The first-order chi connectivity index (χ1) is 30.4. The lowest BCUT2D eigenvalue weighted by atomic mass is 9.55. The van der Waals surface area contributed by atoms with Crippen LogP contribution in [0.2, 0.25) is 0 Å². The van der Waals surface area contributed by atoms with Gasteiger partial charge in [0.05, 0.1) is 51.3 Å². The highest BCUT2D eigenvalue weighted by molar-refractivity contribution is 6.03. The van der Waals surface area contributed by atoms with Crippen molar-refractivity contribution in [3.63, 3.8) is 0 Å². The van der Waals surface area contributed by atoms with Gasteiger partial charge < -0.3 is 48.6 Å². The predicted molar refractivity (Wildman–Crippen MR) is 231 cm³/mol. The van der Waals surface area contributed by atoms with Gasteiger partial charge in [-0.2, -0.15) is 0 Å². The first-order valence-electron chi connectivity index (χ1n) is 22.3. The summed E-state index contributed by atoms with van der Waals surface area (Å²) in [5, 5.41) is 34.3. The lowest BCUT2D eigenvalue weighted by molar-refractivity contribution is -0.256. The minimum Gasteiger partial charge on any atom is -0.489 e. The number of amides is 1. The van der Waals surface area contributed by atoms with Crippen molar-refractivity contribution in [1.82, 2.24) is 4.90 Å². The van der Waals surface area contributed by atoms with Crippen LogP contribution in [-0.2, 0) is 30.4 Å². The van der Waals surface area contributed by atoms with Crippen LogP contribution in [0.25, 0.3) is 0 Å². The standard InChI is InChI=1S/C48H65FN2O11/c1-3-5-26-58-47(55)51(21-28-56-29-24-54)43-32-41(50-62-44-18-10-13-27-57-44)38-30-34(14-8-11-22-52)37(16-9-12-23-53)45-39-31-36(59-33-35-15-6-7-17-40(35)49)19-20-42(39)61-48(43,46(38)45)60-25-4-2/h3-4,6-7,15,17,19-20,30-31,34,37,43-46,52-54H,1-2,5,8-14,16,18,21-29,32-33H2. The number of hydrogen-bond donors (Lipinski definition) is 3. The Labute approximate surface area is 365 Å². The quantitative estimate of drug-likeness (QED) is 0.0513. The number of carbonyl (C=O) groups is 1. The van der Waals surface area contributed by atoms with Crippen molar-refractivity contribution in [3.05, 3.63) is 96.4 Å². The second-order valence-corrected chi connectivity index (χ2v) is 16.3. The number of allylic oxidation sites excluding steroid dienone is 1. The summed E-state index contributed by atoms with van der Waals surface area (Å²) in [5.74, 6) is -1.68. The number of unbranched alkanes of at least 4 members (excludes halogenated alkanes) is 2. The molecule has 0 radical (unpaired) electrons. The summed E-state index contributed by atoms with van der Waals surface area (Å²) in [5.41, 5.74) is 2.79. The van der Waals surface area contributed by atoms with Crippen LogP contribution in [0.15, 0.2) is 84.6 Å². The number of benzene rings is 2. The molecule has 7 atom stereocenters. The van der Waals surface area contributed by atoms with Gasteiger partial charge in [0, 0.05) is 49.6 Å². The maximum absolute atomic E-state index is 14.8. The second kappa shape index (κ2) is 23.9. The van der Waals surface area contributed by atoms with Crippen molar-refractivity contribution in [1.29, 1.82) is 0 Å². The molecule has 2 aromatic rings. The van der Waals surface area contributed by atoms with Gasteiger partial charge in [0.25, 0.3) is 0 Å². The molecule has 3 N–H and O–H groups in total. The van der Waals surface area contributed by atoms with Crippen molar-refractivity contribution >= 4 is 11.8 Å². The molecule has 2 heterocycles. The van der Waals surface area contributed by atoms with E-state index < -0.39 is 30.1 Å². The third kappa shape index (κ3) is 11.4. The smallest absolute Gasteiger partial charge is 0.410 e. The molecule has 2 aliphatic heterocycles. The van der Waals surface area contributed by atoms with Crippen molar-refractivity contribution in [2.24, 2.45) is 22.9 Å². The van der Waals surface area contributed by atoms with E-state index in [4.69, 9.17) is 38.4 Å². The summed E-state index contributed by atoms with van der Waals surface area (Å²) < 4.78 is 52.9. The van der Waals surface area contributed by atoms with E-state index in [-0.39, 0.29) is 89.4 Å². The van der Waals surface area contributed by atoms with Crippen LogP contribution in [0.1, 0.15) is 87.7 Å². The average Bonchev–Trinajstić information content (AvgIpc) is 3.29. The minimum absolute atomic E-state index is 0.0158. The zero-order chi connectivity index (χ0) is 43.7. The number of aliphatic hydroxyl groups excluding tert-OH is 3. The fourth-order valence-corrected chi connectivity index (χ4v) is 9.45. The fraction of sp³-hybridized carbons (Fsp3) is 0.583. The number of ether oxygens (including phenoxy) is 6. The van der Waals surface area contributed by atoms with E-state index in [1.165, 1.54) is 6.07 Å². The summed E-state index contributed by atoms with van der Waals surface area (Å²) in [6, 6.07) is 11.3. The third-order valence-corrected chi connectivity index (χ3v) is 12.3. The monoisotopic (exact) mass is 864 g/mol. The van der Waals surface area contributed by atoms with E-state index in [1.54, 1.807) is 41.3 Å². The molecule has 0 aromatic heterocycles. The van der Waals surface area contributed by atoms with Crippen LogP contribution in [0.5, 0.6) is 11.5 Å². The number of rotatable bonds is 25. The second-order valence-electron chi connectivity index (χ2n) is 16.3. The molecule has 1 saturated carbocycles. The van der Waals surface area contributed by atoms with Gasteiger partial charge in [-0.25, -0.2) is 9.18 Å². The zero-order valence-corrected chi connectivity index (χ0v) is 35.9. The van der Waals surface area contributed by atoms with Gasteiger partial charge >= 0.3 is 6.09 Å². The first kappa shape index (κ1) is 47.2. The highest BCUT2D eigenvalue weighted by Crippen LogP contribution is 2.62. The van der Waals surface area contributed by atoms with Crippen LogP contribution < -0.4 is 9.47 Å². The highest BCUT2D eigenvalue weighted by atomic mass is 19.1. The van der Waals surface area contributed by atoms with Crippen molar-refractivity contribution in [2.75, 3.05) is 59.4 Å². The molecule has 2 fully saturated rings. The van der Waals surface area contributed by atoms with Crippen LogP contribution in [-0.4, -0.2) is 110 Å². The molecular formula is C48H65FN2O11. The van der Waals surface area contributed by atoms with Crippen molar-refractivity contribution in [3.8, 4) is 11.5 Å². The number of nitrogens with zero attached hydrogens (tertiary/aromatic N) is 2. The summed E-state index contributed by atoms with van der Waals surface area (Å²) >= 11 is 0. The predicted octanol–water partition coefficient (Wildman–Crippen LogP) is 7.59. The van der Waals surface area contributed by atoms with E-state index >= 15 is 0 Å². The Bertz CT molecular complexity index is 1820. The Hall–Kier alpha value is -4.31. The zero-order valence-electron chi connectivity index (χ0n) is 35.9. The van der Waals surface area contributed by atoms with Crippen LogP contribution in [0.4, 0.5) is 9.18 Å². The van der Waals surface area contributed by atoms with Gasteiger partial charge in [-0.1, -0.05) is 54.4 Å². The molecule has 62 heavy (non-hydrogen) atoms. The lowest BCUT2D eigenvalue weighted by Crippen LogP contribution is -2.70. The number of aliphatic hydroxyl groups is 3.